The summed E-state index contributed by atoms with van der Waals surface area (Å²) >= 11 is 1.57. The smallest absolute Gasteiger partial charge is 0.232 e. The number of aromatic nitrogens is 3. The van der Waals surface area contributed by atoms with Gasteiger partial charge in [-0.15, -0.1) is 11.8 Å². The van der Waals surface area contributed by atoms with Gasteiger partial charge in [-0.1, -0.05) is 25.1 Å². The highest BCUT2D eigenvalue weighted by atomic mass is 32.2. The van der Waals surface area contributed by atoms with Gasteiger partial charge in [0.1, 0.15) is 11.6 Å². The summed E-state index contributed by atoms with van der Waals surface area (Å²) in [5.41, 5.74) is 7.98. The Bertz CT molecular complexity index is 854. The quantitative estimate of drug-likeness (QED) is 0.581. The number of rotatable bonds is 6. The molecule has 0 radical (unpaired) electrons. The summed E-state index contributed by atoms with van der Waals surface area (Å²) in [6.07, 6.45) is 0.910. The molecule has 4 N–H and O–H groups in total. The van der Waals surface area contributed by atoms with Crippen LogP contribution in [-0.4, -0.2) is 20.1 Å². The molecule has 0 fully saturated rings. The first-order valence-corrected chi connectivity index (χ1v) is 8.90. The average Bonchev–Trinajstić information content (AvgIpc) is 2.61. The third-order valence-corrected chi connectivity index (χ3v) is 4.56. The Hall–Kier alpha value is -2.80. The third-order valence-electron chi connectivity index (χ3n) is 3.55. The topological polar surface area (TPSA) is 97.0 Å². The Morgan fingerprint density at radius 2 is 1.80 bits per heavy atom. The summed E-state index contributed by atoms with van der Waals surface area (Å²) in [6.45, 7) is 2.10. The monoisotopic (exact) mass is 353 g/mol. The Morgan fingerprint density at radius 3 is 2.56 bits per heavy atom. The van der Waals surface area contributed by atoms with Crippen LogP contribution in [0.15, 0.2) is 53.4 Å². The van der Waals surface area contributed by atoms with Gasteiger partial charge in [0.15, 0.2) is 0 Å². The molecule has 0 aliphatic heterocycles. The number of phenolic OH excluding ortho intramolecular Hbond substituents is 1. The van der Waals surface area contributed by atoms with Gasteiger partial charge in [-0.05, 0) is 42.3 Å². The number of nitrogens with zero attached hydrogens (tertiary/aromatic N) is 3. The first-order valence-electron chi connectivity index (χ1n) is 7.91. The molecule has 0 saturated carbocycles. The van der Waals surface area contributed by atoms with E-state index in [2.05, 4.69) is 33.3 Å². The first kappa shape index (κ1) is 17.0. The molecule has 0 aliphatic carbocycles. The average molecular weight is 353 g/mol. The number of aromatic hydroxyl groups is 1. The summed E-state index contributed by atoms with van der Waals surface area (Å²) < 4.78 is 0. The van der Waals surface area contributed by atoms with E-state index in [1.807, 2.05) is 30.3 Å². The number of nitrogens with one attached hydrogen (secondary N) is 1. The highest BCUT2D eigenvalue weighted by Gasteiger charge is 2.08. The number of benzene rings is 2. The minimum Gasteiger partial charge on any atom is -0.508 e. The molecule has 0 bridgehead atoms. The molecular weight excluding hydrogens is 334 g/mol. The van der Waals surface area contributed by atoms with Crippen molar-refractivity contribution >= 4 is 29.3 Å². The largest absolute Gasteiger partial charge is 0.508 e. The fourth-order valence-electron chi connectivity index (χ4n) is 2.32. The number of anilines is 3. The van der Waals surface area contributed by atoms with Crippen LogP contribution in [0.5, 0.6) is 5.75 Å². The Morgan fingerprint density at radius 1 is 1.04 bits per heavy atom. The van der Waals surface area contributed by atoms with E-state index < -0.39 is 0 Å². The van der Waals surface area contributed by atoms with Gasteiger partial charge in [0, 0.05) is 10.6 Å². The second-order valence-corrected chi connectivity index (χ2v) is 6.40. The number of phenols is 1. The van der Waals surface area contributed by atoms with Crippen molar-refractivity contribution in [1.82, 2.24) is 15.0 Å². The fraction of sp³-hybridized carbons (Fsp3) is 0.167. The third kappa shape index (κ3) is 4.60. The summed E-state index contributed by atoms with van der Waals surface area (Å²) in [5.74, 6) is 2.03. The molecule has 0 atom stereocenters. The lowest BCUT2D eigenvalue weighted by Crippen LogP contribution is -2.07. The maximum Gasteiger partial charge on any atom is 0.232 e. The van der Waals surface area contributed by atoms with Gasteiger partial charge in [0.2, 0.25) is 11.9 Å². The van der Waals surface area contributed by atoms with Gasteiger partial charge in [0.05, 0.1) is 5.75 Å². The molecule has 1 heterocycles. The molecule has 0 amide bonds. The van der Waals surface area contributed by atoms with Crippen molar-refractivity contribution in [3.8, 4) is 5.75 Å². The van der Waals surface area contributed by atoms with Gasteiger partial charge in [-0.2, -0.15) is 15.0 Å². The number of hydrogen-bond donors (Lipinski definition) is 3. The molecule has 0 spiro atoms. The molecule has 2 aromatic carbocycles. The van der Waals surface area contributed by atoms with Crippen LogP contribution < -0.4 is 11.1 Å². The number of thioether (sulfide) groups is 1. The van der Waals surface area contributed by atoms with Crippen LogP contribution in [0.1, 0.15) is 18.3 Å². The molecule has 1 aromatic heterocycles. The van der Waals surface area contributed by atoms with Crippen molar-refractivity contribution in [2.75, 3.05) is 11.1 Å². The second kappa shape index (κ2) is 7.85. The normalized spacial score (nSPS) is 10.6. The van der Waals surface area contributed by atoms with E-state index in [0.717, 1.165) is 17.0 Å². The molecule has 3 aromatic rings. The van der Waals surface area contributed by atoms with E-state index in [4.69, 9.17) is 5.73 Å². The first-order chi connectivity index (χ1) is 12.1. The van der Waals surface area contributed by atoms with Gasteiger partial charge < -0.3 is 16.2 Å². The van der Waals surface area contributed by atoms with Crippen LogP contribution in [0, 0.1) is 0 Å². The molecule has 0 unspecified atom stereocenters. The molecule has 25 heavy (non-hydrogen) atoms. The van der Waals surface area contributed by atoms with E-state index in [9.17, 15) is 5.11 Å². The lowest BCUT2D eigenvalue weighted by atomic mass is 10.1. The summed E-state index contributed by atoms with van der Waals surface area (Å²) in [6, 6.07) is 15.0. The number of nitrogen functional groups attached to an aromatic ring is 1. The number of nitrogens with two attached hydrogens (primary N) is 1. The van der Waals surface area contributed by atoms with Crippen LogP contribution in [0.2, 0.25) is 0 Å². The van der Waals surface area contributed by atoms with Crippen LogP contribution >= 0.6 is 11.8 Å². The van der Waals surface area contributed by atoms with Crippen molar-refractivity contribution in [1.29, 1.82) is 0 Å². The summed E-state index contributed by atoms with van der Waals surface area (Å²) in [7, 11) is 0. The van der Waals surface area contributed by atoms with Crippen LogP contribution in [0.25, 0.3) is 0 Å². The van der Waals surface area contributed by atoms with Gasteiger partial charge in [0.25, 0.3) is 0 Å². The van der Waals surface area contributed by atoms with Crippen LogP contribution in [0.3, 0.4) is 0 Å². The number of hydrogen-bond acceptors (Lipinski definition) is 7. The summed E-state index contributed by atoms with van der Waals surface area (Å²) in [5, 5.41) is 12.6. The standard InChI is InChI=1S/C18H19N5OS/c1-2-12-5-3-4-6-15(12)20-18-22-16(21-17(19)23-18)11-25-14-9-7-13(24)8-10-14/h3-10,24H,2,11H2,1H3,(H3,19,20,21,22,23). The molecular formula is C18H19N5OS. The lowest BCUT2D eigenvalue weighted by Gasteiger charge is -2.10. The predicted molar refractivity (Wildman–Crippen MR) is 101 cm³/mol. The van der Waals surface area contributed by atoms with Gasteiger partial charge in [-0.3, -0.25) is 0 Å². The molecule has 6 nitrogen and oxygen atoms in total. The van der Waals surface area contributed by atoms with Crippen LogP contribution in [-0.2, 0) is 12.2 Å². The lowest BCUT2D eigenvalue weighted by molar-refractivity contribution is 0.475. The van der Waals surface area contributed by atoms with Crippen LogP contribution in [0.4, 0.5) is 17.6 Å². The van der Waals surface area contributed by atoms with E-state index in [0.29, 0.717) is 17.5 Å². The summed E-state index contributed by atoms with van der Waals surface area (Å²) in [4.78, 5) is 13.8. The minimum atomic E-state index is 0.188. The van der Waals surface area contributed by atoms with Gasteiger partial charge >= 0.3 is 0 Å². The number of para-hydroxylation sites is 1. The SMILES string of the molecule is CCc1ccccc1Nc1nc(N)nc(CSc2ccc(O)cc2)n1. The molecule has 0 aliphatic rings. The minimum absolute atomic E-state index is 0.188. The second-order valence-electron chi connectivity index (χ2n) is 5.35. The van der Waals surface area contributed by atoms with E-state index in [-0.39, 0.29) is 11.7 Å². The highest BCUT2D eigenvalue weighted by Crippen LogP contribution is 2.24. The molecule has 7 heteroatoms. The van der Waals surface area contributed by atoms with Crippen molar-refractivity contribution < 1.29 is 5.11 Å². The zero-order valence-corrected chi connectivity index (χ0v) is 14.6. The molecule has 0 saturated heterocycles. The molecule has 3 rings (SSSR count). The Labute approximate surface area is 150 Å². The predicted octanol–water partition coefficient (Wildman–Crippen LogP) is 3.76. The highest BCUT2D eigenvalue weighted by molar-refractivity contribution is 7.98. The van der Waals surface area contributed by atoms with Gasteiger partial charge in [-0.25, -0.2) is 0 Å². The van der Waals surface area contributed by atoms with Crippen molar-refractivity contribution in [3.05, 3.63) is 59.9 Å². The maximum absolute atomic E-state index is 9.33. The zero-order valence-electron chi connectivity index (χ0n) is 13.8. The Kier molecular flexibility index (Phi) is 5.35. The van der Waals surface area contributed by atoms with Crippen molar-refractivity contribution in [2.24, 2.45) is 0 Å². The van der Waals surface area contributed by atoms with E-state index in [1.165, 1.54) is 5.56 Å². The fourth-order valence-corrected chi connectivity index (χ4v) is 3.07. The van der Waals surface area contributed by atoms with E-state index in [1.54, 1.807) is 23.9 Å². The zero-order chi connectivity index (χ0) is 17.6. The Balaban J connectivity index is 1.75. The van der Waals surface area contributed by atoms with Crippen molar-refractivity contribution in [2.45, 2.75) is 24.0 Å². The van der Waals surface area contributed by atoms with Crippen molar-refractivity contribution in [3.63, 3.8) is 0 Å². The molecule has 128 valence electrons. The maximum atomic E-state index is 9.33. The van der Waals surface area contributed by atoms with E-state index >= 15 is 0 Å². The number of aryl methyl sites for hydroxylation is 1.